The lowest BCUT2D eigenvalue weighted by atomic mass is 10.00. The summed E-state index contributed by atoms with van der Waals surface area (Å²) < 4.78 is 4.95. The van der Waals surface area contributed by atoms with E-state index in [0.717, 1.165) is 30.4 Å². The van der Waals surface area contributed by atoms with E-state index in [1.54, 1.807) is 0 Å². The van der Waals surface area contributed by atoms with Gasteiger partial charge in [-0.3, -0.25) is 0 Å². The van der Waals surface area contributed by atoms with Crippen molar-refractivity contribution in [1.29, 1.82) is 0 Å². The number of carbonyl (C=O) groups excluding carboxylic acids is 1. The van der Waals surface area contributed by atoms with Gasteiger partial charge in [-0.05, 0) is 31.3 Å². The van der Waals surface area contributed by atoms with Crippen LogP contribution in [0.1, 0.15) is 25.7 Å². The van der Waals surface area contributed by atoms with Crippen LogP contribution >= 0.6 is 0 Å². The first-order valence-electron chi connectivity index (χ1n) is 4.43. The van der Waals surface area contributed by atoms with E-state index in [0.29, 0.717) is 6.61 Å². The maximum absolute atomic E-state index is 11.2. The Morgan fingerprint density at radius 1 is 1.33 bits per heavy atom. The Hall–Kier alpha value is -1.05. The van der Waals surface area contributed by atoms with E-state index < -0.39 is 0 Å². The van der Waals surface area contributed by atoms with Gasteiger partial charge in [0.2, 0.25) is 0 Å². The van der Waals surface area contributed by atoms with E-state index >= 15 is 0 Å². The van der Waals surface area contributed by atoms with E-state index in [9.17, 15) is 4.79 Å². The third-order valence-corrected chi connectivity index (χ3v) is 2.36. The van der Waals surface area contributed by atoms with Gasteiger partial charge in [-0.25, -0.2) is 4.79 Å². The van der Waals surface area contributed by atoms with Crippen LogP contribution in [0.3, 0.4) is 0 Å². The summed E-state index contributed by atoms with van der Waals surface area (Å²) in [5.74, 6) is -0.100. The molecule has 0 atom stereocenters. The number of hydrogen-bond donors (Lipinski definition) is 0. The maximum atomic E-state index is 11.2. The van der Waals surface area contributed by atoms with Crippen molar-refractivity contribution < 1.29 is 9.53 Å². The van der Waals surface area contributed by atoms with Gasteiger partial charge >= 0.3 is 5.97 Å². The lowest BCUT2D eigenvalue weighted by Gasteiger charge is -2.02. The normalized spacial score (nSPS) is 25.8. The molecule has 0 amide bonds. The molecule has 12 heavy (non-hydrogen) atoms. The molecular formula is C10H12O2. The lowest BCUT2D eigenvalue weighted by molar-refractivity contribution is -0.136. The zero-order valence-corrected chi connectivity index (χ0v) is 7.01. The van der Waals surface area contributed by atoms with Gasteiger partial charge in [-0.2, -0.15) is 0 Å². The summed E-state index contributed by atoms with van der Waals surface area (Å²) in [6, 6.07) is 0. The molecule has 2 aliphatic rings. The molecule has 0 saturated carbocycles. The molecule has 2 heteroatoms. The number of rotatable bonds is 0. The fourth-order valence-electron chi connectivity index (χ4n) is 1.65. The highest BCUT2D eigenvalue weighted by atomic mass is 16.5. The molecule has 0 aromatic heterocycles. The van der Waals surface area contributed by atoms with E-state index in [1.165, 1.54) is 6.42 Å². The minimum Gasteiger partial charge on any atom is -0.457 e. The van der Waals surface area contributed by atoms with Crippen molar-refractivity contribution >= 4 is 5.97 Å². The molecule has 0 N–H and O–H groups in total. The predicted molar refractivity (Wildman–Crippen MR) is 45.6 cm³/mol. The first-order chi connectivity index (χ1) is 5.88. The average Bonchev–Trinajstić information content (AvgIpc) is 2.31. The molecule has 1 aliphatic carbocycles. The lowest BCUT2D eigenvalue weighted by Crippen LogP contribution is -1.99. The summed E-state index contributed by atoms with van der Waals surface area (Å²) in [4.78, 5) is 11.2. The van der Waals surface area contributed by atoms with Crippen LogP contribution in [0.15, 0.2) is 23.3 Å². The second-order valence-corrected chi connectivity index (χ2v) is 3.23. The maximum Gasteiger partial charge on any atom is 0.334 e. The summed E-state index contributed by atoms with van der Waals surface area (Å²) >= 11 is 0. The molecule has 0 aromatic carbocycles. The van der Waals surface area contributed by atoms with E-state index in [4.69, 9.17) is 4.74 Å². The van der Waals surface area contributed by atoms with Gasteiger partial charge in [-0.15, -0.1) is 0 Å². The topological polar surface area (TPSA) is 26.3 Å². The fourth-order valence-corrected chi connectivity index (χ4v) is 1.65. The first kappa shape index (κ1) is 7.59. The number of cyclic esters (lactones) is 1. The van der Waals surface area contributed by atoms with Crippen molar-refractivity contribution in [2.24, 2.45) is 0 Å². The van der Waals surface area contributed by atoms with Gasteiger partial charge in [0, 0.05) is 5.57 Å². The third-order valence-electron chi connectivity index (χ3n) is 2.36. The van der Waals surface area contributed by atoms with Crippen molar-refractivity contribution in [2.75, 3.05) is 6.61 Å². The molecule has 0 unspecified atom stereocenters. The molecule has 2 rings (SSSR count). The molecule has 64 valence electrons. The Kier molecular flexibility index (Phi) is 1.98. The smallest absolute Gasteiger partial charge is 0.334 e. The number of allylic oxidation sites excluding steroid dienone is 1. The molecule has 0 aromatic rings. The Bertz CT molecular complexity index is 261. The largest absolute Gasteiger partial charge is 0.457 e. The van der Waals surface area contributed by atoms with Crippen LogP contribution in [0.4, 0.5) is 0 Å². The molecule has 0 fully saturated rings. The third kappa shape index (κ3) is 1.29. The van der Waals surface area contributed by atoms with Crippen LogP contribution in [0, 0.1) is 0 Å². The summed E-state index contributed by atoms with van der Waals surface area (Å²) in [6.45, 7) is 0.491. The molecule has 1 heterocycles. The Balaban J connectivity index is 2.27. The van der Waals surface area contributed by atoms with Gasteiger partial charge in [0.25, 0.3) is 0 Å². The number of hydrogen-bond acceptors (Lipinski definition) is 2. The molecule has 2 nitrogen and oxygen atoms in total. The zero-order chi connectivity index (χ0) is 8.39. The summed E-state index contributed by atoms with van der Waals surface area (Å²) in [5.41, 5.74) is 2.01. The summed E-state index contributed by atoms with van der Waals surface area (Å²) in [6.07, 6.45) is 8.50. The van der Waals surface area contributed by atoms with Crippen molar-refractivity contribution in [3.63, 3.8) is 0 Å². The second-order valence-electron chi connectivity index (χ2n) is 3.23. The van der Waals surface area contributed by atoms with E-state index in [2.05, 4.69) is 6.08 Å². The van der Waals surface area contributed by atoms with Gasteiger partial charge in [0.05, 0.1) is 0 Å². The zero-order valence-electron chi connectivity index (χ0n) is 7.01. The molecular weight excluding hydrogens is 152 g/mol. The highest BCUT2D eigenvalue weighted by Gasteiger charge is 2.22. The number of ether oxygens (including phenoxy) is 1. The van der Waals surface area contributed by atoms with Crippen LogP contribution in [-0.4, -0.2) is 12.6 Å². The average molecular weight is 164 g/mol. The quantitative estimate of drug-likeness (QED) is 0.512. The summed E-state index contributed by atoms with van der Waals surface area (Å²) in [7, 11) is 0. The van der Waals surface area contributed by atoms with Crippen LogP contribution in [-0.2, 0) is 9.53 Å². The minimum atomic E-state index is -0.100. The van der Waals surface area contributed by atoms with Gasteiger partial charge in [-0.1, -0.05) is 12.2 Å². The van der Waals surface area contributed by atoms with Crippen molar-refractivity contribution in [3.05, 3.63) is 23.3 Å². The van der Waals surface area contributed by atoms with Crippen LogP contribution in [0.2, 0.25) is 0 Å². The minimum absolute atomic E-state index is 0.100. The van der Waals surface area contributed by atoms with Crippen molar-refractivity contribution in [1.82, 2.24) is 0 Å². The highest BCUT2D eigenvalue weighted by molar-refractivity contribution is 5.92. The summed E-state index contributed by atoms with van der Waals surface area (Å²) in [5, 5.41) is 0. The van der Waals surface area contributed by atoms with Gasteiger partial charge < -0.3 is 4.74 Å². The Labute approximate surface area is 71.9 Å². The van der Waals surface area contributed by atoms with Crippen molar-refractivity contribution in [3.8, 4) is 0 Å². The highest BCUT2D eigenvalue weighted by Crippen LogP contribution is 2.24. The molecule has 0 spiro atoms. The predicted octanol–water partition coefficient (Wildman–Crippen LogP) is 1.97. The number of carbonyl (C=O) groups is 1. The molecule has 0 bridgehead atoms. The fraction of sp³-hybridized carbons (Fsp3) is 0.500. The Morgan fingerprint density at radius 2 is 2.25 bits per heavy atom. The van der Waals surface area contributed by atoms with E-state index in [-0.39, 0.29) is 5.97 Å². The molecule has 0 radical (unpaired) electrons. The Morgan fingerprint density at radius 3 is 3.17 bits per heavy atom. The van der Waals surface area contributed by atoms with Crippen LogP contribution in [0.5, 0.6) is 0 Å². The number of esters is 1. The first-order valence-corrected chi connectivity index (χ1v) is 4.43. The molecule has 1 aliphatic heterocycles. The van der Waals surface area contributed by atoms with E-state index in [1.807, 2.05) is 6.08 Å². The standard InChI is InChI=1S/C10H12O2/c11-10-9-6-4-2-1-3-5-8(9)7-12-10/h3,5H,1-2,4,6-7H2/b5-3-. The SMILES string of the molecule is O=C1OCC2=C1CCCC/C=C\2. The molecule has 0 saturated heterocycles. The second kappa shape index (κ2) is 3.13. The van der Waals surface area contributed by atoms with Crippen LogP contribution in [0.25, 0.3) is 0 Å². The van der Waals surface area contributed by atoms with Gasteiger partial charge in [0.1, 0.15) is 6.61 Å². The monoisotopic (exact) mass is 164 g/mol. The van der Waals surface area contributed by atoms with Crippen molar-refractivity contribution in [2.45, 2.75) is 25.7 Å². The van der Waals surface area contributed by atoms with Gasteiger partial charge in [0.15, 0.2) is 0 Å². The van der Waals surface area contributed by atoms with Crippen LogP contribution < -0.4 is 0 Å².